The number of ether oxygens (including phenoxy) is 1. The molecule has 0 aliphatic heterocycles. The number of nitrogens with one attached hydrogen (secondary N) is 1. The second-order valence-corrected chi connectivity index (χ2v) is 4.59. The van der Waals surface area contributed by atoms with Gasteiger partial charge >= 0.3 is 0 Å². The van der Waals surface area contributed by atoms with E-state index in [9.17, 15) is 13.6 Å². The molecule has 0 aromatic heterocycles. The quantitative estimate of drug-likeness (QED) is 0.568. The first-order valence-corrected chi connectivity index (χ1v) is 6.47. The Morgan fingerprint density at radius 2 is 2.00 bits per heavy atom. The van der Waals surface area contributed by atoms with E-state index in [1.165, 1.54) is 0 Å². The average molecular weight is 286 g/mol. The van der Waals surface area contributed by atoms with Crippen LogP contribution in [0.5, 0.6) is 0 Å². The number of alkyl halides is 2. The lowest BCUT2D eigenvalue weighted by Gasteiger charge is -2.12. The third-order valence-corrected chi connectivity index (χ3v) is 2.81. The molecule has 0 heterocycles. The van der Waals surface area contributed by atoms with Crippen molar-refractivity contribution < 1.29 is 18.3 Å². The van der Waals surface area contributed by atoms with Crippen molar-refractivity contribution in [2.45, 2.75) is 25.7 Å². The molecule has 4 nitrogen and oxygen atoms in total. The number of rotatable bonds is 8. The SMILES string of the molecule is CC(CC(=O)NCCOCC(F)F)c1ccc(N)cc1. The number of nitrogen functional groups attached to an aromatic ring is 1. The van der Waals surface area contributed by atoms with Gasteiger partial charge in [0.25, 0.3) is 6.43 Å². The molecule has 6 heteroatoms. The molecule has 112 valence electrons. The van der Waals surface area contributed by atoms with Gasteiger partial charge in [-0.05, 0) is 23.6 Å². The number of nitrogens with two attached hydrogens (primary N) is 1. The predicted octanol–water partition coefficient (Wildman–Crippen LogP) is 2.16. The number of hydrogen-bond acceptors (Lipinski definition) is 3. The summed E-state index contributed by atoms with van der Waals surface area (Å²) in [5, 5.41) is 2.63. The Hall–Kier alpha value is -1.69. The lowest BCUT2D eigenvalue weighted by atomic mass is 9.97. The first-order valence-electron chi connectivity index (χ1n) is 6.47. The van der Waals surface area contributed by atoms with Crippen LogP contribution in [0.3, 0.4) is 0 Å². The van der Waals surface area contributed by atoms with Crippen LogP contribution < -0.4 is 11.1 Å². The van der Waals surface area contributed by atoms with Gasteiger partial charge in [0, 0.05) is 18.7 Å². The summed E-state index contributed by atoms with van der Waals surface area (Å²) in [5.74, 6) is -0.0624. The van der Waals surface area contributed by atoms with Gasteiger partial charge < -0.3 is 15.8 Å². The van der Waals surface area contributed by atoms with E-state index in [1.807, 2.05) is 19.1 Å². The van der Waals surface area contributed by atoms with E-state index >= 15 is 0 Å². The fourth-order valence-electron chi connectivity index (χ4n) is 1.73. The highest BCUT2D eigenvalue weighted by atomic mass is 19.3. The first kappa shape index (κ1) is 16.4. The molecule has 0 saturated carbocycles. The molecule has 1 amide bonds. The minimum absolute atomic E-state index is 0.0672. The third-order valence-electron chi connectivity index (χ3n) is 2.81. The van der Waals surface area contributed by atoms with Crippen LogP contribution in [0.4, 0.5) is 14.5 Å². The number of amides is 1. The molecule has 0 radical (unpaired) electrons. The topological polar surface area (TPSA) is 64.3 Å². The maximum absolute atomic E-state index is 11.8. The summed E-state index contributed by atoms with van der Waals surface area (Å²) in [7, 11) is 0. The van der Waals surface area contributed by atoms with E-state index in [4.69, 9.17) is 5.73 Å². The number of anilines is 1. The van der Waals surface area contributed by atoms with Crippen molar-refractivity contribution in [3.63, 3.8) is 0 Å². The molecule has 1 unspecified atom stereocenters. The van der Waals surface area contributed by atoms with Gasteiger partial charge in [-0.1, -0.05) is 19.1 Å². The van der Waals surface area contributed by atoms with Gasteiger partial charge in [0.05, 0.1) is 6.61 Å². The molecule has 20 heavy (non-hydrogen) atoms. The normalized spacial score (nSPS) is 12.4. The van der Waals surface area contributed by atoms with Gasteiger partial charge in [0.1, 0.15) is 6.61 Å². The van der Waals surface area contributed by atoms with Crippen molar-refractivity contribution in [3.05, 3.63) is 29.8 Å². The van der Waals surface area contributed by atoms with Gasteiger partial charge in [0.2, 0.25) is 5.91 Å². The van der Waals surface area contributed by atoms with E-state index in [2.05, 4.69) is 10.1 Å². The lowest BCUT2D eigenvalue weighted by Crippen LogP contribution is -2.28. The van der Waals surface area contributed by atoms with Crippen LogP contribution in [0.2, 0.25) is 0 Å². The highest BCUT2D eigenvalue weighted by molar-refractivity contribution is 5.76. The summed E-state index contributed by atoms with van der Waals surface area (Å²) in [6.45, 7) is 1.67. The zero-order valence-corrected chi connectivity index (χ0v) is 11.4. The first-order chi connectivity index (χ1) is 9.49. The Balaban J connectivity index is 2.23. The average Bonchev–Trinajstić information content (AvgIpc) is 2.38. The van der Waals surface area contributed by atoms with Crippen molar-refractivity contribution >= 4 is 11.6 Å². The van der Waals surface area contributed by atoms with Gasteiger partial charge in [-0.2, -0.15) is 0 Å². The summed E-state index contributed by atoms with van der Waals surface area (Å²) >= 11 is 0. The smallest absolute Gasteiger partial charge is 0.261 e. The Bertz CT molecular complexity index is 410. The van der Waals surface area contributed by atoms with Crippen LogP contribution in [-0.4, -0.2) is 32.1 Å². The summed E-state index contributed by atoms with van der Waals surface area (Å²) in [4.78, 5) is 11.7. The molecule has 0 aliphatic rings. The zero-order chi connectivity index (χ0) is 15.0. The van der Waals surface area contributed by atoms with Crippen LogP contribution >= 0.6 is 0 Å². The summed E-state index contributed by atoms with van der Waals surface area (Å²) in [6.07, 6.45) is -2.14. The number of hydrogen-bond donors (Lipinski definition) is 2. The predicted molar refractivity (Wildman–Crippen MR) is 73.7 cm³/mol. The van der Waals surface area contributed by atoms with Gasteiger partial charge in [-0.25, -0.2) is 8.78 Å². The fourth-order valence-corrected chi connectivity index (χ4v) is 1.73. The van der Waals surface area contributed by atoms with Crippen LogP contribution in [-0.2, 0) is 9.53 Å². The number of carbonyl (C=O) groups is 1. The van der Waals surface area contributed by atoms with Gasteiger partial charge in [-0.3, -0.25) is 4.79 Å². The molecule has 1 atom stereocenters. The molecule has 3 N–H and O–H groups in total. The third kappa shape index (κ3) is 6.47. The van der Waals surface area contributed by atoms with Crippen LogP contribution in [0.1, 0.15) is 24.8 Å². The maximum atomic E-state index is 11.8. The standard InChI is InChI=1S/C14H20F2N2O2/c1-10(11-2-4-12(17)5-3-11)8-14(19)18-6-7-20-9-13(15)16/h2-5,10,13H,6-9,17H2,1H3,(H,18,19). The van der Waals surface area contributed by atoms with Gasteiger partial charge in [-0.15, -0.1) is 0 Å². The Kier molecular flexibility index (Phi) is 6.93. The Labute approximate surface area is 117 Å². The minimum Gasteiger partial charge on any atom is -0.399 e. The molecule has 0 saturated heterocycles. The highest BCUT2D eigenvalue weighted by Gasteiger charge is 2.11. The molecule has 1 aromatic rings. The highest BCUT2D eigenvalue weighted by Crippen LogP contribution is 2.19. The van der Waals surface area contributed by atoms with Crippen molar-refractivity contribution in [2.24, 2.45) is 0 Å². The van der Waals surface area contributed by atoms with Crippen LogP contribution in [0, 0.1) is 0 Å². The van der Waals surface area contributed by atoms with Crippen molar-refractivity contribution in [1.29, 1.82) is 0 Å². The van der Waals surface area contributed by atoms with E-state index in [0.29, 0.717) is 12.1 Å². The fraction of sp³-hybridized carbons (Fsp3) is 0.500. The van der Waals surface area contributed by atoms with Crippen molar-refractivity contribution in [2.75, 3.05) is 25.5 Å². The summed E-state index contributed by atoms with van der Waals surface area (Å²) in [6, 6.07) is 7.36. The molecule has 0 spiro atoms. The lowest BCUT2D eigenvalue weighted by molar-refractivity contribution is -0.121. The van der Waals surface area contributed by atoms with Crippen LogP contribution in [0.25, 0.3) is 0 Å². The van der Waals surface area contributed by atoms with Crippen molar-refractivity contribution in [3.8, 4) is 0 Å². The minimum atomic E-state index is -2.48. The molecule has 0 fully saturated rings. The molecule has 0 aliphatic carbocycles. The van der Waals surface area contributed by atoms with E-state index in [1.54, 1.807) is 12.1 Å². The van der Waals surface area contributed by atoms with E-state index in [-0.39, 0.29) is 25.0 Å². The summed E-state index contributed by atoms with van der Waals surface area (Å²) < 4.78 is 28.2. The van der Waals surface area contributed by atoms with E-state index < -0.39 is 13.0 Å². The summed E-state index contributed by atoms with van der Waals surface area (Å²) in [5.41, 5.74) is 7.31. The molecule has 1 rings (SSSR count). The van der Waals surface area contributed by atoms with Crippen molar-refractivity contribution in [1.82, 2.24) is 5.32 Å². The second kappa shape index (κ2) is 8.47. The van der Waals surface area contributed by atoms with Crippen LogP contribution in [0.15, 0.2) is 24.3 Å². The Morgan fingerprint density at radius 3 is 2.60 bits per heavy atom. The Morgan fingerprint density at radius 1 is 1.35 bits per heavy atom. The number of benzene rings is 1. The van der Waals surface area contributed by atoms with Gasteiger partial charge in [0.15, 0.2) is 0 Å². The van der Waals surface area contributed by atoms with E-state index in [0.717, 1.165) is 5.56 Å². The zero-order valence-electron chi connectivity index (χ0n) is 11.4. The molecule has 0 bridgehead atoms. The number of carbonyl (C=O) groups excluding carboxylic acids is 1. The molecular weight excluding hydrogens is 266 g/mol. The second-order valence-electron chi connectivity index (χ2n) is 4.59. The monoisotopic (exact) mass is 286 g/mol. The number of halogens is 2. The largest absolute Gasteiger partial charge is 0.399 e. The maximum Gasteiger partial charge on any atom is 0.261 e. The molecule has 1 aromatic carbocycles. The molecular formula is C14H20F2N2O2.